The van der Waals surface area contributed by atoms with Crippen molar-refractivity contribution in [2.24, 2.45) is 5.92 Å². The zero-order chi connectivity index (χ0) is 13.7. The van der Waals surface area contributed by atoms with Crippen LogP contribution in [0.1, 0.15) is 40.5 Å². The Morgan fingerprint density at radius 3 is 2.24 bits per heavy atom. The largest absolute Gasteiger partial charge is 0.375 e. The molecule has 0 fully saturated rings. The summed E-state index contributed by atoms with van der Waals surface area (Å²) in [6.07, 6.45) is 2.92. The van der Waals surface area contributed by atoms with Gasteiger partial charge in [0.1, 0.15) is 0 Å². The lowest BCUT2D eigenvalue weighted by Crippen LogP contribution is -2.40. The first-order valence-corrected chi connectivity index (χ1v) is 8.03. The van der Waals surface area contributed by atoms with Crippen molar-refractivity contribution in [3.05, 3.63) is 0 Å². The van der Waals surface area contributed by atoms with Crippen LogP contribution < -0.4 is 0 Å². The Labute approximate surface area is 106 Å². The molecule has 0 aliphatic carbocycles. The van der Waals surface area contributed by atoms with E-state index in [1.165, 1.54) is 10.6 Å². The first-order valence-electron chi connectivity index (χ1n) is 6.18. The van der Waals surface area contributed by atoms with Gasteiger partial charge in [-0.2, -0.15) is 0 Å². The van der Waals surface area contributed by atoms with E-state index >= 15 is 0 Å². The summed E-state index contributed by atoms with van der Waals surface area (Å²) in [4.78, 5) is 0. The van der Waals surface area contributed by atoms with Crippen LogP contribution in [0, 0.1) is 5.92 Å². The van der Waals surface area contributed by atoms with Gasteiger partial charge in [0.05, 0.1) is 11.9 Å². The number of sulfonamides is 1. The second-order valence-electron chi connectivity index (χ2n) is 5.15. The normalized spacial score (nSPS) is 16.5. The van der Waals surface area contributed by atoms with Crippen molar-refractivity contribution in [2.45, 2.75) is 46.1 Å². The van der Waals surface area contributed by atoms with Crippen LogP contribution in [-0.4, -0.2) is 44.8 Å². The molecule has 0 aliphatic heterocycles. The average Bonchev–Trinajstić information content (AvgIpc) is 2.21. The van der Waals surface area contributed by atoms with E-state index in [0.717, 1.165) is 13.0 Å². The molecule has 17 heavy (non-hydrogen) atoms. The van der Waals surface area contributed by atoms with Crippen LogP contribution in [0.5, 0.6) is 0 Å². The van der Waals surface area contributed by atoms with Gasteiger partial charge in [-0.25, -0.2) is 12.7 Å². The standard InChI is InChI=1S/C12H27NO3S/c1-7-10-16-12(4,11(2)3)8-9-13(5)17(6,14)15/h11H,7-10H2,1-6H3. The van der Waals surface area contributed by atoms with Gasteiger partial charge in [0, 0.05) is 20.2 Å². The Hall–Kier alpha value is -0.130. The predicted octanol–water partition coefficient (Wildman–Crippen LogP) is 2.11. The molecule has 0 aromatic rings. The van der Waals surface area contributed by atoms with Crippen LogP contribution in [0.3, 0.4) is 0 Å². The van der Waals surface area contributed by atoms with Crippen molar-refractivity contribution in [3.63, 3.8) is 0 Å². The monoisotopic (exact) mass is 265 g/mol. The molecule has 5 heteroatoms. The summed E-state index contributed by atoms with van der Waals surface area (Å²) in [6, 6.07) is 0. The summed E-state index contributed by atoms with van der Waals surface area (Å²) in [5.74, 6) is 0.363. The molecule has 0 saturated heterocycles. The molecule has 1 atom stereocenters. The topological polar surface area (TPSA) is 46.6 Å². The molecule has 0 N–H and O–H groups in total. The number of ether oxygens (including phenoxy) is 1. The summed E-state index contributed by atoms with van der Waals surface area (Å²) >= 11 is 0. The summed E-state index contributed by atoms with van der Waals surface area (Å²) in [5.41, 5.74) is -0.255. The van der Waals surface area contributed by atoms with Crippen LogP contribution in [0.15, 0.2) is 0 Å². The Kier molecular flexibility index (Phi) is 6.66. The van der Waals surface area contributed by atoms with Gasteiger partial charge in [-0.1, -0.05) is 20.8 Å². The van der Waals surface area contributed by atoms with Crippen LogP contribution in [0.25, 0.3) is 0 Å². The van der Waals surface area contributed by atoms with Crippen LogP contribution in [-0.2, 0) is 14.8 Å². The van der Waals surface area contributed by atoms with Gasteiger partial charge in [-0.05, 0) is 25.7 Å². The Bertz CT molecular complexity index is 314. The van der Waals surface area contributed by atoms with Gasteiger partial charge in [0.15, 0.2) is 0 Å². The fourth-order valence-corrected chi connectivity index (χ4v) is 1.83. The number of hydrogen-bond donors (Lipinski definition) is 0. The molecule has 0 bridgehead atoms. The molecule has 0 radical (unpaired) electrons. The van der Waals surface area contributed by atoms with E-state index in [0.29, 0.717) is 18.9 Å². The highest BCUT2D eigenvalue weighted by Gasteiger charge is 2.30. The van der Waals surface area contributed by atoms with Gasteiger partial charge < -0.3 is 4.74 Å². The zero-order valence-electron chi connectivity index (χ0n) is 12.0. The maximum atomic E-state index is 11.3. The molecule has 4 nitrogen and oxygen atoms in total. The van der Waals surface area contributed by atoms with E-state index in [9.17, 15) is 8.42 Å². The molecule has 0 spiro atoms. The van der Waals surface area contributed by atoms with Crippen LogP contribution >= 0.6 is 0 Å². The highest BCUT2D eigenvalue weighted by atomic mass is 32.2. The quantitative estimate of drug-likeness (QED) is 0.675. The number of rotatable bonds is 8. The molecule has 0 amide bonds. The minimum Gasteiger partial charge on any atom is -0.375 e. The third-order valence-electron chi connectivity index (χ3n) is 3.35. The maximum absolute atomic E-state index is 11.3. The molecule has 0 aromatic carbocycles. The lowest BCUT2D eigenvalue weighted by Gasteiger charge is -2.35. The van der Waals surface area contributed by atoms with E-state index in [-0.39, 0.29) is 5.60 Å². The minimum atomic E-state index is -3.09. The predicted molar refractivity (Wildman–Crippen MR) is 71.6 cm³/mol. The van der Waals surface area contributed by atoms with Gasteiger partial charge in [-0.3, -0.25) is 0 Å². The minimum absolute atomic E-state index is 0.255. The van der Waals surface area contributed by atoms with Gasteiger partial charge in [-0.15, -0.1) is 0 Å². The highest BCUT2D eigenvalue weighted by Crippen LogP contribution is 2.26. The van der Waals surface area contributed by atoms with Crippen molar-refractivity contribution in [1.29, 1.82) is 0 Å². The van der Waals surface area contributed by atoms with Crippen molar-refractivity contribution in [3.8, 4) is 0 Å². The van der Waals surface area contributed by atoms with E-state index in [1.807, 2.05) is 0 Å². The molecular formula is C12H27NO3S. The lowest BCUT2D eigenvalue weighted by molar-refractivity contribution is -0.0711. The SMILES string of the molecule is CCCOC(C)(CCN(C)S(C)(=O)=O)C(C)C. The first kappa shape index (κ1) is 16.9. The first-order chi connectivity index (χ1) is 7.63. The second kappa shape index (κ2) is 6.71. The summed E-state index contributed by atoms with van der Waals surface area (Å²) in [5, 5.41) is 0. The smallest absolute Gasteiger partial charge is 0.210 e. The van der Waals surface area contributed by atoms with E-state index in [2.05, 4.69) is 27.7 Å². The summed E-state index contributed by atoms with van der Waals surface area (Å²) < 4.78 is 29.9. The van der Waals surface area contributed by atoms with E-state index < -0.39 is 10.0 Å². The Morgan fingerprint density at radius 2 is 1.88 bits per heavy atom. The summed E-state index contributed by atoms with van der Waals surface area (Å²) in [6.45, 7) is 9.56. The average molecular weight is 265 g/mol. The summed E-state index contributed by atoms with van der Waals surface area (Å²) in [7, 11) is -1.49. The van der Waals surface area contributed by atoms with E-state index in [1.54, 1.807) is 7.05 Å². The third-order valence-corrected chi connectivity index (χ3v) is 4.66. The fraction of sp³-hybridized carbons (Fsp3) is 1.00. The van der Waals surface area contributed by atoms with Crippen molar-refractivity contribution < 1.29 is 13.2 Å². The third kappa shape index (κ3) is 5.84. The van der Waals surface area contributed by atoms with Crippen LogP contribution in [0.2, 0.25) is 0 Å². The zero-order valence-corrected chi connectivity index (χ0v) is 12.8. The Balaban J connectivity index is 4.46. The fourth-order valence-electron chi connectivity index (χ4n) is 1.41. The van der Waals surface area contributed by atoms with Crippen molar-refractivity contribution in [2.75, 3.05) is 26.5 Å². The Morgan fingerprint density at radius 1 is 1.35 bits per heavy atom. The molecule has 0 aliphatic rings. The van der Waals surface area contributed by atoms with Crippen LogP contribution in [0.4, 0.5) is 0 Å². The number of hydrogen-bond acceptors (Lipinski definition) is 3. The van der Waals surface area contributed by atoms with Gasteiger partial charge >= 0.3 is 0 Å². The van der Waals surface area contributed by atoms with E-state index in [4.69, 9.17) is 4.74 Å². The highest BCUT2D eigenvalue weighted by molar-refractivity contribution is 7.88. The molecule has 1 unspecified atom stereocenters. The molecule has 0 rings (SSSR count). The maximum Gasteiger partial charge on any atom is 0.210 e. The lowest BCUT2D eigenvalue weighted by atomic mass is 9.89. The molecule has 0 heterocycles. The van der Waals surface area contributed by atoms with Crippen molar-refractivity contribution >= 4 is 10.0 Å². The second-order valence-corrected chi connectivity index (χ2v) is 7.24. The molecule has 0 aromatic heterocycles. The number of nitrogens with zero attached hydrogens (tertiary/aromatic N) is 1. The van der Waals surface area contributed by atoms with Gasteiger partial charge in [0.25, 0.3) is 0 Å². The molecular weight excluding hydrogens is 238 g/mol. The molecule has 104 valence electrons. The van der Waals surface area contributed by atoms with Gasteiger partial charge in [0.2, 0.25) is 10.0 Å². The molecule has 0 saturated carbocycles. The van der Waals surface area contributed by atoms with Crippen molar-refractivity contribution in [1.82, 2.24) is 4.31 Å².